The van der Waals surface area contributed by atoms with Gasteiger partial charge in [-0.2, -0.15) is 0 Å². The first kappa shape index (κ1) is 15.9. The van der Waals surface area contributed by atoms with Gasteiger partial charge in [-0.3, -0.25) is 0 Å². The summed E-state index contributed by atoms with van der Waals surface area (Å²) in [4.78, 5) is 11.5. The Morgan fingerprint density at radius 1 is 1.18 bits per heavy atom. The number of carbonyl (C=O) groups excluding carboxylic acids is 1. The summed E-state index contributed by atoms with van der Waals surface area (Å²) in [6.07, 6.45) is 0. The number of carbonyl (C=O) groups is 1. The van der Waals surface area contributed by atoms with Gasteiger partial charge in [-0.1, -0.05) is 6.07 Å². The Balaban J connectivity index is 2.07. The Kier molecular flexibility index (Phi) is 5.06. The van der Waals surface area contributed by atoms with Crippen LogP contribution in [-0.4, -0.2) is 18.2 Å². The minimum atomic E-state index is -0.420. The third-order valence-corrected chi connectivity index (χ3v) is 3.18. The Labute approximate surface area is 133 Å². The molecule has 0 spiro atoms. The quantitative estimate of drug-likeness (QED) is 0.667. The van der Waals surface area contributed by atoms with Crippen LogP contribution in [0.2, 0.25) is 0 Å². The molecule has 0 aliphatic carbocycles. The molecular weight excluding hydrogens is 303 g/mol. The van der Waals surface area contributed by atoms with E-state index in [0.717, 1.165) is 5.56 Å². The zero-order chi connectivity index (χ0) is 16.1. The lowest BCUT2D eigenvalue weighted by atomic mass is 10.2. The molecule has 0 fully saturated rings. The van der Waals surface area contributed by atoms with Gasteiger partial charge in [-0.05, 0) is 61.1 Å². The molecule has 6 heteroatoms. The number of hydrogen-bond donors (Lipinski definition) is 2. The van der Waals surface area contributed by atoms with Crippen molar-refractivity contribution in [3.8, 4) is 0 Å². The van der Waals surface area contributed by atoms with E-state index in [0.29, 0.717) is 22.1 Å². The van der Waals surface area contributed by atoms with Crippen LogP contribution in [0.25, 0.3) is 0 Å². The van der Waals surface area contributed by atoms with E-state index < -0.39 is 5.97 Å². The van der Waals surface area contributed by atoms with Crippen LogP contribution in [0.15, 0.2) is 42.5 Å². The van der Waals surface area contributed by atoms with Crippen LogP contribution >= 0.6 is 12.2 Å². The Bertz CT molecular complexity index is 719. The van der Waals surface area contributed by atoms with Gasteiger partial charge in [0.2, 0.25) is 0 Å². The number of hydrogen-bond acceptors (Lipinski definition) is 3. The predicted molar refractivity (Wildman–Crippen MR) is 88.8 cm³/mol. The number of anilines is 2. The molecule has 0 heterocycles. The summed E-state index contributed by atoms with van der Waals surface area (Å²) < 4.78 is 17.7. The maximum Gasteiger partial charge on any atom is 0.337 e. The summed E-state index contributed by atoms with van der Waals surface area (Å²) in [5, 5.41) is 6.30. The molecule has 0 aromatic heterocycles. The van der Waals surface area contributed by atoms with E-state index in [1.54, 1.807) is 37.3 Å². The normalized spacial score (nSPS) is 9.95. The number of rotatable bonds is 3. The number of nitrogens with one attached hydrogen (secondary N) is 2. The number of halogens is 1. The van der Waals surface area contributed by atoms with Gasteiger partial charge in [0.15, 0.2) is 5.11 Å². The fraction of sp³-hybridized carbons (Fsp3) is 0.125. The standard InChI is InChI=1S/C16H15FN2O2S/c1-10-8-12(17)6-7-14(10)19-16(22)18-13-5-3-4-11(9-13)15(20)21-2/h3-9H,1-2H3,(H2,18,19,22). The van der Waals surface area contributed by atoms with E-state index in [2.05, 4.69) is 15.4 Å². The number of thiocarbonyl (C=S) groups is 1. The average Bonchev–Trinajstić information content (AvgIpc) is 2.49. The van der Waals surface area contributed by atoms with Crippen LogP contribution in [0.4, 0.5) is 15.8 Å². The second kappa shape index (κ2) is 7.00. The second-order valence-electron chi connectivity index (χ2n) is 4.61. The highest BCUT2D eigenvalue weighted by Crippen LogP contribution is 2.17. The zero-order valence-electron chi connectivity index (χ0n) is 12.1. The lowest BCUT2D eigenvalue weighted by molar-refractivity contribution is 0.0601. The van der Waals surface area contributed by atoms with Crippen molar-refractivity contribution in [3.05, 3.63) is 59.4 Å². The molecule has 0 saturated carbocycles. The van der Waals surface area contributed by atoms with Crippen molar-refractivity contribution in [2.24, 2.45) is 0 Å². The van der Waals surface area contributed by atoms with Gasteiger partial charge in [0, 0.05) is 11.4 Å². The molecule has 4 nitrogen and oxygen atoms in total. The summed E-state index contributed by atoms with van der Waals surface area (Å²) in [5.74, 6) is -0.718. The van der Waals surface area contributed by atoms with Crippen LogP contribution in [0.1, 0.15) is 15.9 Å². The van der Waals surface area contributed by atoms with Crippen molar-refractivity contribution in [1.29, 1.82) is 0 Å². The third kappa shape index (κ3) is 4.02. The first-order chi connectivity index (χ1) is 10.5. The molecule has 0 unspecified atom stereocenters. The van der Waals surface area contributed by atoms with Gasteiger partial charge in [-0.25, -0.2) is 9.18 Å². The third-order valence-electron chi connectivity index (χ3n) is 2.98. The molecule has 0 saturated heterocycles. The first-order valence-corrected chi connectivity index (χ1v) is 6.93. The fourth-order valence-corrected chi connectivity index (χ4v) is 2.12. The first-order valence-electron chi connectivity index (χ1n) is 6.52. The van der Waals surface area contributed by atoms with Crippen LogP contribution in [0.5, 0.6) is 0 Å². The molecule has 2 aromatic carbocycles. The van der Waals surface area contributed by atoms with Crippen molar-refractivity contribution in [2.45, 2.75) is 6.92 Å². The molecule has 0 bridgehead atoms. The number of methoxy groups -OCH3 is 1. The Morgan fingerprint density at radius 3 is 2.64 bits per heavy atom. The summed E-state index contributed by atoms with van der Waals surface area (Å²) >= 11 is 5.22. The van der Waals surface area contributed by atoms with Crippen molar-refractivity contribution >= 4 is 34.7 Å². The fourth-order valence-electron chi connectivity index (χ4n) is 1.89. The van der Waals surface area contributed by atoms with E-state index in [9.17, 15) is 9.18 Å². The Hall–Kier alpha value is -2.47. The molecule has 22 heavy (non-hydrogen) atoms. The molecular formula is C16H15FN2O2S. The average molecular weight is 318 g/mol. The number of benzene rings is 2. The van der Waals surface area contributed by atoms with Crippen LogP contribution in [0.3, 0.4) is 0 Å². The predicted octanol–water partition coefficient (Wildman–Crippen LogP) is 3.73. The number of aryl methyl sites for hydroxylation is 1. The maximum atomic E-state index is 13.1. The molecule has 0 aliphatic heterocycles. The van der Waals surface area contributed by atoms with E-state index >= 15 is 0 Å². The molecule has 2 rings (SSSR count). The molecule has 0 radical (unpaired) electrons. The van der Waals surface area contributed by atoms with Crippen LogP contribution in [0, 0.1) is 12.7 Å². The SMILES string of the molecule is COC(=O)c1cccc(NC(=S)Nc2ccc(F)cc2C)c1. The summed E-state index contributed by atoms with van der Waals surface area (Å²) in [6.45, 7) is 1.78. The van der Waals surface area contributed by atoms with Crippen LogP contribution < -0.4 is 10.6 Å². The van der Waals surface area contributed by atoms with Gasteiger partial charge in [0.05, 0.1) is 12.7 Å². The summed E-state index contributed by atoms with van der Waals surface area (Å²) in [6, 6.07) is 11.2. The highest BCUT2D eigenvalue weighted by atomic mass is 32.1. The van der Waals surface area contributed by atoms with Crippen molar-refractivity contribution in [1.82, 2.24) is 0 Å². The van der Waals surface area contributed by atoms with E-state index in [1.807, 2.05) is 0 Å². The van der Waals surface area contributed by atoms with Gasteiger partial charge in [0.25, 0.3) is 0 Å². The minimum absolute atomic E-state index is 0.298. The second-order valence-corrected chi connectivity index (χ2v) is 5.02. The summed E-state index contributed by atoms with van der Waals surface area (Å²) in [7, 11) is 1.33. The number of esters is 1. The van der Waals surface area contributed by atoms with Crippen molar-refractivity contribution < 1.29 is 13.9 Å². The smallest absolute Gasteiger partial charge is 0.337 e. The zero-order valence-corrected chi connectivity index (χ0v) is 13.0. The van der Waals surface area contributed by atoms with Crippen LogP contribution in [-0.2, 0) is 4.74 Å². The maximum absolute atomic E-state index is 13.1. The highest BCUT2D eigenvalue weighted by Gasteiger charge is 2.07. The molecule has 0 aliphatic rings. The Morgan fingerprint density at radius 2 is 1.95 bits per heavy atom. The van der Waals surface area contributed by atoms with Gasteiger partial charge >= 0.3 is 5.97 Å². The van der Waals surface area contributed by atoms with Gasteiger partial charge in [0.1, 0.15) is 5.82 Å². The van der Waals surface area contributed by atoms with Crippen molar-refractivity contribution in [2.75, 3.05) is 17.7 Å². The van der Waals surface area contributed by atoms with E-state index in [1.165, 1.54) is 19.2 Å². The highest BCUT2D eigenvalue weighted by molar-refractivity contribution is 7.80. The molecule has 2 N–H and O–H groups in total. The molecule has 0 atom stereocenters. The van der Waals surface area contributed by atoms with Gasteiger partial charge < -0.3 is 15.4 Å². The molecule has 2 aromatic rings. The largest absolute Gasteiger partial charge is 0.465 e. The van der Waals surface area contributed by atoms with E-state index in [4.69, 9.17) is 12.2 Å². The number of ether oxygens (including phenoxy) is 1. The topological polar surface area (TPSA) is 50.4 Å². The summed E-state index contributed by atoms with van der Waals surface area (Å²) in [5.41, 5.74) is 2.53. The lowest BCUT2D eigenvalue weighted by Crippen LogP contribution is -2.20. The van der Waals surface area contributed by atoms with Gasteiger partial charge in [-0.15, -0.1) is 0 Å². The van der Waals surface area contributed by atoms with E-state index in [-0.39, 0.29) is 5.82 Å². The van der Waals surface area contributed by atoms with Crippen molar-refractivity contribution in [3.63, 3.8) is 0 Å². The monoisotopic (exact) mass is 318 g/mol. The minimum Gasteiger partial charge on any atom is -0.465 e. The molecule has 0 amide bonds. The lowest BCUT2D eigenvalue weighted by Gasteiger charge is -2.13. The molecule has 114 valence electrons.